The van der Waals surface area contributed by atoms with Crippen LogP contribution in [-0.4, -0.2) is 33.8 Å². The molecule has 0 saturated heterocycles. The highest BCUT2D eigenvalue weighted by atomic mass is 35.5. The largest absolute Gasteiger partial charge is 0.462 e. The van der Waals surface area contributed by atoms with Crippen molar-refractivity contribution >= 4 is 40.6 Å². The van der Waals surface area contributed by atoms with E-state index in [1.54, 1.807) is 37.6 Å². The third-order valence-corrected chi connectivity index (χ3v) is 3.73. The summed E-state index contributed by atoms with van der Waals surface area (Å²) in [5.74, 6) is -0.453. The molecule has 0 amide bonds. The van der Waals surface area contributed by atoms with Gasteiger partial charge in [-0.2, -0.15) is 0 Å². The molecule has 0 spiro atoms. The molecule has 6 nitrogen and oxygen atoms in total. The summed E-state index contributed by atoms with van der Waals surface area (Å²) in [6, 6.07) is 5.02. The Hall–Kier alpha value is -2.12. The van der Waals surface area contributed by atoms with Crippen LogP contribution in [0.2, 0.25) is 5.02 Å². The Kier molecular flexibility index (Phi) is 7.02. The van der Waals surface area contributed by atoms with E-state index >= 15 is 0 Å². The number of hydrogen-bond acceptors (Lipinski definition) is 4. The molecule has 0 aliphatic rings. The third-order valence-electron chi connectivity index (χ3n) is 3.16. The van der Waals surface area contributed by atoms with Gasteiger partial charge < -0.3 is 19.9 Å². The van der Waals surface area contributed by atoms with Gasteiger partial charge in [0.1, 0.15) is 0 Å². The molecule has 0 aliphatic carbocycles. The smallest absolute Gasteiger partial charge is 0.339 e. The van der Waals surface area contributed by atoms with E-state index in [9.17, 15) is 4.79 Å². The number of nitrogens with zero attached hydrogens (tertiary/aromatic N) is 2. The van der Waals surface area contributed by atoms with Gasteiger partial charge in [0.25, 0.3) is 0 Å². The fourth-order valence-corrected chi connectivity index (χ4v) is 2.44. The van der Waals surface area contributed by atoms with Crippen LogP contribution in [0, 0.1) is 0 Å². The molecule has 128 valence electrons. The molecule has 0 unspecified atom stereocenters. The maximum Gasteiger partial charge on any atom is 0.339 e. The second-order valence-electron chi connectivity index (χ2n) is 4.95. The average Bonchev–Trinajstić information content (AvgIpc) is 3.07. The van der Waals surface area contributed by atoms with Gasteiger partial charge in [-0.05, 0) is 43.8 Å². The van der Waals surface area contributed by atoms with Crippen molar-refractivity contribution in [2.45, 2.75) is 19.9 Å². The number of hydrogen-bond donors (Lipinski definition) is 2. The van der Waals surface area contributed by atoms with E-state index in [-0.39, 0.29) is 0 Å². The van der Waals surface area contributed by atoms with E-state index < -0.39 is 5.97 Å². The number of anilines is 1. The highest BCUT2D eigenvalue weighted by Gasteiger charge is 2.12. The number of imidazole rings is 1. The number of carbonyl (C=O) groups is 1. The van der Waals surface area contributed by atoms with Crippen LogP contribution in [0.25, 0.3) is 0 Å². The van der Waals surface area contributed by atoms with Crippen LogP contribution < -0.4 is 10.6 Å². The summed E-state index contributed by atoms with van der Waals surface area (Å²) in [4.78, 5) is 15.8. The molecule has 0 radical (unpaired) electrons. The zero-order valence-corrected chi connectivity index (χ0v) is 14.9. The Morgan fingerprint density at radius 3 is 3.00 bits per heavy atom. The number of benzene rings is 1. The van der Waals surface area contributed by atoms with Gasteiger partial charge in [-0.15, -0.1) is 0 Å². The van der Waals surface area contributed by atoms with Crippen LogP contribution in [0.1, 0.15) is 23.7 Å². The molecule has 0 saturated carbocycles. The predicted octanol–water partition coefficient (Wildman–Crippen LogP) is 3.09. The highest BCUT2D eigenvalue weighted by molar-refractivity contribution is 7.80. The minimum absolute atomic E-state index is 0.295. The van der Waals surface area contributed by atoms with Crippen molar-refractivity contribution in [2.75, 3.05) is 18.5 Å². The first-order valence-corrected chi connectivity index (χ1v) is 8.36. The first kappa shape index (κ1) is 18.2. The normalized spacial score (nSPS) is 10.2. The van der Waals surface area contributed by atoms with Crippen LogP contribution in [0.15, 0.2) is 36.9 Å². The number of nitrogens with one attached hydrogen (secondary N) is 2. The lowest BCUT2D eigenvalue weighted by atomic mass is 10.2. The molecule has 0 aliphatic heterocycles. The molecule has 2 aromatic rings. The standard InChI is InChI=1S/C16H19ClN4O2S/c1-2-23-15(22)13-10-12(4-5-14(13)17)20-16(24)19-6-3-8-21-9-7-18-11-21/h4-5,7,9-11H,2-3,6,8H2,1H3,(H2,19,20,24). The number of thiocarbonyl (C=S) groups is 1. The monoisotopic (exact) mass is 366 g/mol. The van der Waals surface area contributed by atoms with Gasteiger partial charge in [-0.25, -0.2) is 9.78 Å². The fraction of sp³-hybridized carbons (Fsp3) is 0.312. The first-order valence-electron chi connectivity index (χ1n) is 7.57. The van der Waals surface area contributed by atoms with Crippen LogP contribution in [-0.2, 0) is 11.3 Å². The summed E-state index contributed by atoms with van der Waals surface area (Å²) in [5, 5.41) is 6.98. The molecule has 0 atom stereocenters. The quantitative estimate of drug-likeness (QED) is 0.446. The van der Waals surface area contributed by atoms with Crippen molar-refractivity contribution in [3.63, 3.8) is 0 Å². The maximum absolute atomic E-state index is 11.8. The number of aryl methyl sites for hydroxylation is 1. The molecule has 0 fully saturated rings. The van der Waals surface area contributed by atoms with Crippen molar-refractivity contribution in [2.24, 2.45) is 0 Å². The zero-order valence-electron chi connectivity index (χ0n) is 13.3. The van der Waals surface area contributed by atoms with E-state index in [0.29, 0.717) is 28.0 Å². The average molecular weight is 367 g/mol. The van der Waals surface area contributed by atoms with Crippen molar-refractivity contribution < 1.29 is 9.53 Å². The van der Waals surface area contributed by atoms with Gasteiger partial charge in [-0.3, -0.25) is 0 Å². The number of rotatable bonds is 7. The summed E-state index contributed by atoms with van der Waals surface area (Å²) in [7, 11) is 0. The fourth-order valence-electron chi connectivity index (χ4n) is 2.03. The van der Waals surface area contributed by atoms with E-state index in [1.165, 1.54) is 0 Å². The second-order valence-corrected chi connectivity index (χ2v) is 5.77. The van der Waals surface area contributed by atoms with Gasteiger partial charge in [0.2, 0.25) is 0 Å². The number of aromatic nitrogens is 2. The molecule has 24 heavy (non-hydrogen) atoms. The Morgan fingerprint density at radius 2 is 2.29 bits per heavy atom. The van der Waals surface area contributed by atoms with Gasteiger partial charge in [0, 0.05) is 31.2 Å². The van der Waals surface area contributed by atoms with E-state index in [1.807, 2.05) is 10.8 Å². The van der Waals surface area contributed by atoms with Crippen molar-refractivity contribution in [1.29, 1.82) is 0 Å². The second kappa shape index (κ2) is 9.24. The summed E-state index contributed by atoms with van der Waals surface area (Å²) in [5.41, 5.74) is 0.987. The van der Waals surface area contributed by atoms with Crippen LogP contribution in [0.3, 0.4) is 0 Å². The lowest BCUT2D eigenvalue weighted by Crippen LogP contribution is -2.29. The van der Waals surface area contributed by atoms with Gasteiger partial charge >= 0.3 is 5.97 Å². The SMILES string of the molecule is CCOC(=O)c1cc(NC(=S)NCCCn2ccnc2)ccc1Cl. The molecule has 2 rings (SSSR count). The van der Waals surface area contributed by atoms with Crippen molar-refractivity contribution in [3.05, 3.63) is 47.5 Å². The van der Waals surface area contributed by atoms with E-state index in [0.717, 1.165) is 19.5 Å². The molecule has 0 bridgehead atoms. The molecule has 1 heterocycles. The van der Waals surface area contributed by atoms with E-state index in [2.05, 4.69) is 15.6 Å². The first-order chi connectivity index (χ1) is 11.6. The Labute approximate surface area is 151 Å². The molecule has 1 aromatic heterocycles. The number of carbonyl (C=O) groups excluding carboxylic acids is 1. The highest BCUT2D eigenvalue weighted by Crippen LogP contribution is 2.21. The van der Waals surface area contributed by atoms with Crippen LogP contribution in [0.5, 0.6) is 0 Å². The van der Waals surface area contributed by atoms with Crippen LogP contribution >= 0.6 is 23.8 Å². The molecule has 1 aromatic carbocycles. The van der Waals surface area contributed by atoms with Gasteiger partial charge in [0.15, 0.2) is 5.11 Å². The Morgan fingerprint density at radius 1 is 1.46 bits per heavy atom. The minimum atomic E-state index is -0.453. The molecule has 2 N–H and O–H groups in total. The maximum atomic E-state index is 11.8. The summed E-state index contributed by atoms with van der Waals surface area (Å²) in [6.45, 7) is 3.63. The Bertz CT molecular complexity index is 691. The third kappa shape index (κ3) is 5.50. The van der Waals surface area contributed by atoms with E-state index in [4.69, 9.17) is 28.6 Å². The molecular weight excluding hydrogens is 348 g/mol. The van der Waals surface area contributed by atoms with Crippen molar-refractivity contribution in [1.82, 2.24) is 14.9 Å². The summed E-state index contributed by atoms with van der Waals surface area (Å²) >= 11 is 11.3. The van der Waals surface area contributed by atoms with Gasteiger partial charge in [0.05, 0.1) is 23.5 Å². The zero-order chi connectivity index (χ0) is 17.4. The summed E-state index contributed by atoms with van der Waals surface area (Å²) in [6.07, 6.45) is 6.36. The molecule has 8 heteroatoms. The topological polar surface area (TPSA) is 68.2 Å². The van der Waals surface area contributed by atoms with Crippen LogP contribution in [0.4, 0.5) is 5.69 Å². The molecular formula is C16H19ClN4O2S. The minimum Gasteiger partial charge on any atom is -0.462 e. The van der Waals surface area contributed by atoms with Crippen molar-refractivity contribution in [3.8, 4) is 0 Å². The number of esters is 1. The predicted molar refractivity (Wildman–Crippen MR) is 98.5 cm³/mol. The van der Waals surface area contributed by atoms with Gasteiger partial charge in [-0.1, -0.05) is 11.6 Å². The lowest BCUT2D eigenvalue weighted by molar-refractivity contribution is 0.0526. The number of halogens is 1. The lowest BCUT2D eigenvalue weighted by Gasteiger charge is -2.12. The number of ether oxygens (including phenoxy) is 1. The summed E-state index contributed by atoms with van der Waals surface area (Å²) < 4.78 is 6.98. The Balaban J connectivity index is 1.82.